The van der Waals surface area contributed by atoms with Crippen LogP contribution in [0.5, 0.6) is 0 Å². The molecule has 0 saturated heterocycles. The van der Waals surface area contributed by atoms with Gasteiger partial charge < -0.3 is 10.1 Å². The number of aliphatic imine (C=N–C) groups is 1. The summed E-state index contributed by atoms with van der Waals surface area (Å²) in [6.45, 7) is 6.34. The van der Waals surface area contributed by atoms with Crippen LogP contribution in [0.2, 0.25) is 0 Å². The van der Waals surface area contributed by atoms with Crippen molar-refractivity contribution >= 4 is 11.8 Å². The van der Waals surface area contributed by atoms with E-state index >= 15 is 0 Å². The van der Waals surface area contributed by atoms with Gasteiger partial charge in [-0.3, -0.25) is 4.99 Å². The molecule has 4 nitrogen and oxygen atoms in total. The molecule has 1 unspecified atom stereocenters. The summed E-state index contributed by atoms with van der Waals surface area (Å²) in [6.07, 6.45) is 3.57. The Bertz CT molecular complexity index is 518. The molecule has 4 heteroatoms. The Balaban J connectivity index is 1.85. The summed E-state index contributed by atoms with van der Waals surface area (Å²) in [5.74, 6) is 0. The summed E-state index contributed by atoms with van der Waals surface area (Å²) in [7, 11) is 0. The van der Waals surface area contributed by atoms with Crippen molar-refractivity contribution in [3.63, 3.8) is 0 Å². The predicted octanol–water partition coefficient (Wildman–Crippen LogP) is 4.09. The Morgan fingerprint density at radius 3 is 2.73 bits per heavy atom. The van der Waals surface area contributed by atoms with E-state index in [1.807, 2.05) is 39.0 Å². The zero-order chi connectivity index (χ0) is 16.0. The number of benzene rings is 1. The number of hydrogen-bond donors (Lipinski definition) is 1. The molecule has 1 saturated carbocycles. The third-order valence-electron chi connectivity index (χ3n) is 3.55. The number of carbonyl (C=O) groups is 1. The number of rotatable bonds is 3. The summed E-state index contributed by atoms with van der Waals surface area (Å²) in [5.41, 5.74) is 1.96. The second kappa shape index (κ2) is 7.43. The highest BCUT2D eigenvalue weighted by atomic mass is 16.6. The second-order valence-corrected chi connectivity index (χ2v) is 6.81. The number of alkyl carbamates (subject to hydrolysis) is 1. The summed E-state index contributed by atoms with van der Waals surface area (Å²) < 4.78 is 5.32. The number of amides is 1. The van der Waals surface area contributed by atoms with E-state index in [1.54, 1.807) is 0 Å². The van der Waals surface area contributed by atoms with E-state index in [1.165, 1.54) is 11.3 Å². The van der Waals surface area contributed by atoms with Gasteiger partial charge in [-0.2, -0.15) is 0 Å². The molecular formula is C18H26N2O2. The van der Waals surface area contributed by atoms with Crippen LogP contribution in [0.3, 0.4) is 0 Å². The number of hydrogen-bond acceptors (Lipinski definition) is 3. The molecule has 1 amide bonds. The van der Waals surface area contributed by atoms with Crippen molar-refractivity contribution in [3.8, 4) is 0 Å². The molecule has 2 rings (SSSR count). The van der Waals surface area contributed by atoms with Gasteiger partial charge in [0, 0.05) is 18.2 Å². The molecule has 22 heavy (non-hydrogen) atoms. The average molecular weight is 302 g/mol. The van der Waals surface area contributed by atoms with Crippen molar-refractivity contribution in [3.05, 3.63) is 35.9 Å². The molecule has 0 aromatic heterocycles. The van der Waals surface area contributed by atoms with Crippen molar-refractivity contribution in [2.45, 2.75) is 64.6 Å². The van der Waals surface area contributed by atoms with Gasteiger partial charge >= 0.3 is 6.09 Å². The molecular weight excluding hydrogens is 276 g/mol. The highest BCUT2D eigenvalue weighted by Gasteiger charge is 2.23. The molecule has 1 aromatic rings. The molecule has 1 aliphatic carbocycles. The van der Waals surface area contributed by atoms with Crippen LogP contribution in [-0.4, -0.2) is 23.4 Å². The Hall–Kier alpha value is -1.84. The lowest BCUT2D eigenvalue weighted by molar-refractivity contribution is 0.0501. The Morgan fingerprint density at radius 1 is 1.32 bits per heavy atom. The van der Waals surface area contributed by atoms with E-state index in [2.05, 4.69) is 17.4 Å². The van der Waals surface area contributed by atoms with Gasteiger partial charge in [-0.05, 0) is 45.6 Å². The minimum atomic E-state index is -0.455. The predicted molar refractivity (Wildman–Crippen MR) is 89.2 cm³/mol. The molecule has 120 valence electrons. The average Bonchev–Trinajstić information content (AvgIpc) is 2.44. The SMILES string of the molecule is CC(C)(C)OC(=O)NC1CCCC(=NCc2ccccc2)C1. The van der Waals surface area contributed by atoms with Crippen LogP contribution in [0.25, 0.3) is 0 Å². The largest absolute Gasteiger partial charge is 0.444 e. The molecule has 0 bridgehead atoms. The van der Waals surface area contributed by atoms with Crippen LogP contribution in [0.1, 0.15) is 52.0 Å². The van der Waals surface area contributed by atoms with Crippen molar-refractivity contribution < 1.29 is 9.53 Å². The summed E-state index contributed by atoms with van der Waals surface area (Å²) >= 11 is 0. The molecule has 0 heterocycles. The lowest BCUT2D eigenvalue weighted by Gasteiger charge is -2.26. The molecule has 1 N–H and O–H groups in total. The van der Waals surface area contributed by atoms with Gasteiger partial charge in [0.25, 0.3) is 0 Å². The Morgan fingerprint density at radius 2 is 2.05 bits per heavy atom. The monoisotopic (exact) mass is 302 g/mol. The highest BCUT2D eigenvalue weighted by Crippen LogP contribution is 2.18. The first kappa shape index (κ1) is 16.5. The van der Waals surface area contributed by atoms with E-state index in [-0.39, 0.29) is 12.1 Å². The van der Waals surface area contributed by atoms with Gasteiger partial charge in [-0.1, -0.05) is 30.3 Å². The van der Waals surface area contributed by atoms with Gasteiger partial charge in [0.2, 0.25) is 0 Å². The highest BCUT2D eigenvalue weighted by molar-refractivity contribution is 5.86. The quantitative estimate of drug-likeness (QED) is 0.914. The smallest absolute Gasteiger partial charge is 0.407 e. The van der Waals surface area contributed by atoms with Crippen LogP contribution in [-0.2, 0) is 11.3 Å². The van der Waals surface area contributed by atoms with E-state index in [0.717, 1.165) is 32.2 Å². The van der Waals surface area contributed by atoms with Gasteiger partial charge in [0.05, 0.1) is 6.54 Å². The van der Waals surface area contributed by atoms with Gasteiger partial charge in [0.15, 0.2) is 0 Å². The third kappa shape index (κ3) is 5.88. The first-order chi connectivity index (χ1) is 10.4. The van der Waals surface area contributed by atoms with Crippen LogP contribution < -0.4 is 5.32 Å². The number of nitrogens with one attached hydrogen (secondary N) is 1. The van der Waals surface area contributed by atoms with E-state index in [4.69, 9.17) is 9.73 Å². The van der Waals surface area contributed by atoms with Gasteiger partial charge in [-0.25, -0.2) is 4.79 Å². The zero-order valence-electron chi connectivity index (χ0n) is 13.8. The van der Waals surface area contributed by atoms with Crippen LogP contribution in [0, 0.1) is 0 Å². The summed E-state index contributed by atoms with van der Waals surface area (Å²) in [6, 6.07) is 10.4. The van der Waals surface area contributed by atoms with E-state index in [0.29, 0.717) is 0 Å². The van der Waals surface area contributed by atoms with Crippen LogP contribution in [0.15, 0.2) is 35.3 Å². The fraction of sp³-hybridized carbons (Fsp3) is 0.556. The zero-order valence-corrected chi connectivity index (χ0v) is 13.8. The van der Waals surface area contributed by atoms with Crippen molar-refractivity contribution in [2.75, 3.05) is 0 Å². The topological polar surface area (TPSA) is 50.7 Å². The molecule has 1 aliphatic rings. The normalized spacial score (nSPS) is 20.7. The molecule has 1 fully saturated rings. The summed E-state index contributed by atoms with van der Waals surface area (Å²) in [5, 5.41) is 2.96. The van der Waals surface area contributed by atoms with Gasteiger partial charge in [0.1, 0.15) is 5.60 Å². The maximum Gasteiger partial charge on any atom is 0.407 e. The molecule has 0 spiro atoms. The van der Waals surface area contributed by atoms with Crippen molar-refractivity contribution in [2.24, 2.45) is 4.99 Å². The van der Waals surface area contributed by atoms with Crippen molar-refractivity contribution in [1.82, 2.24) is 5.32 Å². The molecule has 0 radical (unpaired) electrons. The Kier molecular flexibility index (Phi) is 5.58. The van der Waals surface area contributed by atoms with Crippen molar-refractivity contribution in [1.29, 1.82) is 0 Å². The van der Waals surface area contributed by atoms with Gasteiger partial charge in [-0.15, -0.1) is 0 Å². The third-order valence-corrected chi connectivity index (χ3v) is 3.55. The minimum absolute atomic E-state index is 0.137. The molecule has 1 aromatic carbocycles. The maximum atomic E-state index is 11.8. The fourth-order valence-corrected chi connectivity index (χ4v) is 2.57. The molecule has 1 atom stereocenters. The standard InChI is InChI=1S/C18H26N2O2/c1-18(2,3)22-17(21)20-16-11-7-10-15(12-16)19-13-14-8-5-4-6-9-14/h4-6,8-9,16H,7,10-13H2,1-3H3,(H,20,21). The number of carbonyl (C=O) groups excluding carboxylic acids is 1. The fourth-order valence-electron chi connectivity index (χ4n) is 2.57. The number of ether oxygens (including phenoxy) is 1. The first-order valence-corrected chi connectivity index (χ1v) is 7.98. The number of nitrogens with zero attached hydrogens (tertiary/aromatic N) is 1. The maximum absolute atomic E-state index is 11.8. The van der Waals surface area contributed by atoms with Crippen LogP contribution in [0.4, 0.5) is 4.79 Å². The lowest BCUT2D eigenvalue weighted by Crippen LogP contribution is -2.41. The lowest BCUT2D eigenvalue weighted by atomic mass is 9.93. The van der Waals surface area contributed by atoms with Crippen LogP contribution >= 0.6 is 0 Å². The minimum Gasteiger partial charge on any atom is -0.444 e. The summed E-state index contributed by atoms with van der Waals surface area (Å²) in [4.78, 5) is 16.5. The molecule has 0 aliphatic heterocycles. The Labute approximate surface area is 133 Å². The second-order valence-electron chi connectivity index (χ2n) is 6.81. The van der Waals surface area contributed by atoms with E-state index < -0.39 is 5.60 Å². The first-order valence-electron chi connectivity index (χ1n) is 7.98. The van der Waals surface area contributed by atoms with E-state index in [9.17, 15) is 4.79 Å².